The lowest BCUT2D eigenvalue weighted by molar-refractivity contribution is 0.448. The highest BCUT2D eigenvalue weighted by Gasteiger charge is 2.21. The molecule has 2 nitrogen and oxygen atoms in total. The van der Waals surface area contributed by atoms with Crippen molar-refractivity contribution >= 4 is 7.69 Å². The summed E-state index contributed by atoms with van der Waals surface area (Å²) in [7, 11) is 0. The van der Waals surface area contributed by atoms with E-state index in [0.717, 1.165) is 0 Å². The van der Waals surface area contributed by atoms with Crippen molar-refractivity contribution in [2.45, 2.75) is 20.8 Å². The molecule has 0 aliphatic heterocycles. The molecule has 2 aliphatic carbocycles. The van der Waals surface area contributed by atoms with Crippen LogP contribution in [0.3, 0.4) is 0 Å². The van der Waals surface area contributed by atoms with Crippen LogP contribution in [0.1, 0.15) is 16.7 Å². The van der Waals surface area contributed by atoms with Crippen LogP contribution < -0.4 is 0 Å². The van der Waals surface area contributed by atoms with Gasteiger partial charge in [0.2, 0.25) is 0 Å². The third kappa shape index (κ3) is 1.38. The first-order chi connectivity index (χ1) is 5.63. The molecule has 0 atom stereocenters. The standard InChI is InChI=1S/C9H10.BH2O2/c1-5-6(2)8-4-9(8)7(5)3;2-1-3/h4H,1-3H3;2-3H. The zero-order valence-corrected chi connectivity index (χ0v) is 7.55. The third-order valence-electron chi connectivity index (χ3n) is 2.43. The monoisotopic (exact) mass is 163 g/mol. The number of hydrogen-bond donors (Lipinski definition) is 2. The van der Waals surface area contributed by atoms with Gasteiger partial charge in [-0.2, -0.15) is 0 Å². The topological polar surface area (TPSA) is 40.5 Å². The first kappa shape index (κ1) is 9.29. The Morgan fingerprint density at radius 3 is 1.42 bits per heavy atom. The Kier molecular flexibility index (Phi) is 2.55. The molecule has 12 heavy (non-hydrogen) atoms. The third-order valence-corrected chi connectivity index (χ3v) is 2.43. The van der Waals surface area contributed by atoms with Crippen LogP contribution in [-0.4, -0.2) is 17.7 Å². The molecule has 0 aromatic carbocycles. The number of hydrogen-bond acceptors (Lipinski definition) is 2. The van der Waals surface area contributed by atoms with Crippen LogP contribution in [0.5, 0.6) is 0 Å². The predicted molar refractivity (Wildman–Crippen MR) is 49.8 cm³/mol. The fraction of sp³-hybridized carbons (Fsp3) is 0.333. The summed E-state index contributed by atoms with van der Waals surface area (Å²) in [6, 6.07) is 2.26. The predicted octanol–water partition coefficient (Wildman–Crippen LogP) is 1.10. The Bertz CT molecular complexity index is 282. The van der Waals surface area contributed by atoms with E-state index < -0.39 is 0 Å². The van der Waals surface area contributed by atoms with Gasteiger partial charge >= 0.3 is 7.69 Å². The summed E-state index contributed by atoms with van der Waals surface area (Å²) in [6.07, 6.45) is 0. The summed E-state index contributed by atoms with van der Waals surface area (Å²) in [5, 5.41) is 14.0. The van der Waals surface area contributed by atoms with Gasteiger partial charge in [0, 0.05) is 0 Å². The summed E-state index contributed by atoms with van der Waals surface area (Å²) in [5.74, 6) is 0. The van der Waals surface area contributed by atoms with Crippen LogP contribution in [0.25, 0.3) is 11.1 Å². The maximum absolute atomic E-state index is 7.00. The van der Waals surface area contributed by atoms with Crippen LogP contribution in [-0.2, 0) is 0 Å². The molecule has 0 heterocycles. The Balaban J connectivity index is 0.000000213. The maximum atomic E-state index is 7.00. The summed E-state index contributed by atoms with van der Waals surface area (Å²) in [5.41, 5.74) is 7.47. The van der Waals surface area contributed by atoms with Gasteiger partial charge in [0.05, 0.1) is 0 Å². The Morgan fingerprint density at radius 2 is 1.25 bits per heavy atom. The molecule has 2 N–H and O–H groups in total. The fourth-order valence-electron chi connectivity index (χ4n) is 1.41. The van der Waals surface area contributed by atoms with Crippen molar-refractivity contribution in [3.63, 3.8) is 0 Å². The van der Waals surface area contributed by atoms with Crippen LogP contribution in [0.15, 0.2) is 6.07 Å². The summed E-state index contributed by atoms with van der Waals surface area (Å²) in [6.45, 7) is 6.60. The molecular formula is C9H12BO2. The molecule has 0 saturated heterocycles. The van der Waals surface area contributed by atoms with Gasteiger partial charge in [-0.25, -0.2) is 0 Å². The van der Waals surface area contributed by atoms with Crippen molar-refractivity contribution in [2.75, 3.05) is 0 Å². The largest absolute Gasteiger partial charge is 0.482 e. The Labute approximate surface area is 73.2 Å². The fourth-order valence-corrected chi connectivity index (χ4v) is 1.41. The Morgan fingerprint density at radius 1 is 0.917 bits per heavy atom. The molecule has 2 aliphatic rings. The molecule has 63 valence electrons. The van der Waals surface area contributed by atoms with Gasteiger partial charge in [-0.1, -0.05) is 0 Å². The maximum Gasteiger partial charge on any atom is 0.482 e. The molecule has 0 aromatic heterocycles. The molecule has 0 saturated carbocycles. The molecule has 1 radical (unpaired) electrons. The average molecular weight is 163 g/mol. The van der Waals surface area contributed by atoms with E-state index in [9.17, 15) is 0 Å². The average Bonchev–Trinajstić information content (AvgIpc) is 2.76. The normalized spacial score (nSPS) is 10.1. The van der Waals surface area contributed by atoms with Crippen molar-refractivity contribution in [1.82, 2.24) is 0 Å². The van der Waals surface area contributed by atoms with Gasteiger partial charge in [0.15, 0.2) is 0 Å². The van der Waals surface area contributed by atoms with Crippen LogP contribution in [0.4, 0.5) is 0 Å². The SMILES string of the molecule is Cc1c2cc-2c(C)c1C.O[B]O. The minimum Gasteiger partial charge on any atom is -0.429 e. The minimum absolute atomic E-state index is 0. The van der Waals surface area contributed by atoms with Crippen molar-refractivity contribution in [3.8, 4) is 11.1 Å². The van der Waals surface area contributed by atoms with E-state index in [1.54, 1.807) is 0 Å². The zero-order chi connectivity index (χ0) is 9.30. The minimum atomic E-state index is 0. The zero-order valence-electron chi connectivity index (χ0n) is 7.55. The second-order valence-corrected chi connectivity index (χ2v) is 2.96. The van der Waals surface area contributed by atoms with E-state index in [1.807, 2.05) is 0 Å². The van der Waals surface area contributed by atoms with E-state index in [0.29, 0.717) is 0 Å². The first-order valence-electron chi connectivity index (χ1n) is 3.84. The second kappa shape index (κ2) is 3.29. The smallest absolute Gasteiger partial charge is 0.429 e. The molecule has 0 fully saturated rings. The number of rotatable bonds is 0. The summed E-state index contributed by atoms with van der Waals surface area (Å²) >= 11 is 0. The second-order valence-electron chi connectivity index (χ2n) is 2.96. The van der Waals surface area contributed by atoms with Crippen LogP contribution >= 0.6 is 0 Å². The van der Waals surface area contributed by atoms with Crippen molar-refractivity contribution < 1.29 is 10.0 Å². The van der Waals surface area contributed by atoms with Gasteiger partial charge in [-0.05, 0) is 54.7 Å². The van der Waals surface area contributed by atoms with Gasteiger partial charge < -0.3 is 10.0 Å². The van der Waals surface area contributed by atoms with E-state index in [4.69, 9.17) is 10.0 Å². The van der Waals surface area contributed by atoms with Crippen molar-refractivity contribution in [3.05, 3.63) is 22.8 Å². The van der Waals surface area contributed by atoms with Crippen LogP contribution in [0.2, 0.25) is 0 Å². The lowest BCUT2D eigenvalue weighted by atomic mass is 10.2. The summed E-state index contributed by atoms with van der Waals surface area (Å²) < 4.78 is 0. The molecule has 0 unspecified atom stereocenters. The molecule has 0 spiro atoms. The highest BCUT2D eigenvalue weighted by molar-refractivity contribution is 6.13. The molecule has 3 heteroatoms. The molecule has 2 rings (SSSR count). The molecular weight excluding hydrogens is 151 g/mol. The molecule has 0 aromatic rings. The number of benzene rings is 1. The van der Waals surface area contributed by atoms with E-state index in [2.05, 4.69) is 26.8 Å². The van der Waals surface area contributed by atoms with E-state index >= 15 is 0 Å². The first-order valence-corrected chi connectivity index (χ1v) is 3.84. The Hall–Kier alpha value is -0.795. The van der Waals surface area contributed by atoms with Gasteiger partial charge in [-0.15, -0.1) is 0 Å². The molecule has 0 amide bonds. The van der Waals surface area contributed by atoms with Gasteiger partial charge in [-0.3, -0.25) is 0 Å². The molecule has 0 bridgehead atoms. The van der Waals surface area contributed by atoms with Crippen LogP contribution in [0, 0.1) is 20.8 Å². The van der Waals surface area contributed by atoms with Gasteiger partial charge in [0.1, 0.15) is 0 Å². The summed E-state index contributed by atoms with van der Waals surface area (Å²) in [4.78, 5) is 0. The highest BCUT2D eigenvalue weighted by atomic mass is 16.4. The van der Waals surface area contributed by atoms with E-state index in [1.165, 1.54) is 27.8 Å². The quantitative estimate of drug-likeness (QED) is 0.570. The number of fused-ring (bicyclic) bond motifs is 1. The van der Waals surface area contributed by atoms with E-state index in [-0.39, 0.29) is 7.69 Å². The lowest BCUT2D eigenvalue weighted by Crippen LogP contribution is -1.75. The van der Waals surface area contributed by atoms with Crippen molar-refractivity contribution in [2.24, 2.45) is 0 Å². The van der Waals surface area contributed by atoms with Crippen molar-refractivity contribution in [1.29, 1.82) is 0 Å². The lowest BCUT2D eigenvalue weighted by Gasteiger charge is -1.90. The highest BCUT2D eigenvalue weighted by Crippen LogP contribution is 2.44. The van der Waals surface area contributed by atoms with Gasteiger partial charge in [0.25, 0.3) is 0 Å².